The standard InChI is InChI=1S/C17H17NO3/c1-17(2)10-7-8-12(17)11(9-10)15(19)18-13-5-3-4-6-14(13)21-16(18)20/h3-8,10-12H,9H2,1-2H3/t10-,11-,12+/m1/s1. The minimum absolute atomic E-state index is 0.101. The SMILES string of the molecule is CC1(C)[C@@H]2C=C[C@H]1[C@H](C(=O)n1c(=O)oc3ccccc31)C2. The van der Waals surface area contributed by atoms with Gasteiger partial charge in [0.15, 0.2) is 5.58 Å². The number of hydrogen-bond acceptors (Lipinski definition) is 3. The Morgan fingerprint density at radius 3 is 2.71 bits per heavy atom. The molecule has 2 aromatic rings. The van der Waals surface area contributed by atoms with Gasteiger partial charge in [-0.2, -0.15) is 0 Å². The molecular formula is C17H17NO3. The molecule has 1 saturated carbocycles. The summed E-state index contributed by atoms with van der Waals surface area (Å²) in [7, 11) is 0. The van der Waals surface area contributed by atoms with Crippen LogP contribution in [-0.2, 0) is 0 Å². The first-order valence-electron chi connectivity index (χ1n) is 7.33. The van der Waals surface area contributed by atoms with Crippen molar-refractivity contribution in [2.24, 2.45) is 23.2 Å². The number of carbonyl (C=O) groups is 1. The number of rotatable bonds is 1. The van der Waals surface area contributed by atoms with Crippen molar-refractivity contribution in [2.75, 3.05) is 0 Å². The van der Waals surface area contributed by atoms with Crippen molar-refractivity contribution in [1.82, 2.24) is 4.57 Å². The van der Waals surface area contributed by atoms with Gasteiger partial charge >= 0.3 is 5.76 Å². The van der Waals surface area contributed by atoms with Crippen LogP contribution in [-0.4, -0.2) is 10.5 Å². The summed E-state index contributed by atoms with van der Waals surface area (Å²) in [4.78, 5) is 25.0. The van der Waals surface area contributed by atoms with E-state index in [0.717, 1.165) is 6.42 Å². The van der Waals surface area contributed by atoms with Crippen LogP contribution in [0.1, 0.15) is 25.1 Å². The van der Waals surface area contributed by atoms with Crippen LogP contribution in [0.15, 0.2) is 45.6 Å². The zero-order valence-electron chi connectivity index (χ0n) is 12.1. The molecule has 0 aliphatic heterocycles. The maximum atomic E-state index is 12.9. The number of fused-ring (bicyclic) bond motifs is 3. The fourth-order valence-electron chi connectivity index (χ4n) is 4.05. The topological polar surface area (TPSA) is 52.2 Å². The lowest BCUT2D eigenvalue weighted by molar-refractivity contribution is 0.0793. The molecular weight excluding hydrogens is 266 g/mol. The summed E-state index contributed by atoms with van der Waals surface area (Å²) in [6.45, 7) is 4.40. The number of hydrogen-bond donors (Lipinski definition) is 0. The lowest BCUT2D eigenvalue weighted by atomic mass is 9.79. The third kappa shape index (κ3) is 1.56. The summed E-state index contributed by atoms with van der Waals surface area (Å²) in [6, 6.07) is 7.08. The molecule has 0 N–H and O–H groups in total. The number of para-hydroxylation sites is 2. The third-order valence-electron chi connectivity index (χ3n) is 5.33. The summed E-state index contributed by atoms with van der Waals surface area (Å²) in [5, 5.41) is 0. The normalized spacial score (nSPS) is 29.3. The summed E-state index contributed by atoms with van der Waals surface area (Å²) in [5.74, 6) is -0.213. The van der Waals surface area contributed by atoms with Crippen molar-refractivity contribution in [3.63, 3.8) is 0 Å². The molecule has 2 aliphatic carbocycles. The smallest absolute Gasteiger partial charge is 0.407 e. The van der Waals surface area contributed by atoms with E-state index >= 15 is 0 Å². The minimum atomic E-state index is -0.578. The molecule has 4 rings (SSSR count). The lowest BCUT2D eigenvalue weighted by Gasteiger charge is -2.25. The van der Waals surface area contributed by atoms with Gasteiger partial charge in [0.2, 0.25) is 5.91 Å². The number of oxazole rings is 1. The number of benzene rings is 1. The first kappa shape index (κ1) is 12.6. The van der Waals surface area contributed by atoms with Gasteiger partial charge in [-0.25, -0.2) is 9.36 Å². The highest BCUT2D eigenvalue weighted by Crippen LogP contribution is 2.56. The van der Waals surface area contributed by atoms with E-state index in [4.69, 9.17) is 4.42 Å². The van der Waals surface area contributed by atoms with E-state index in [1.807, 2.05) is 6.07 Å². The molecule has 0 unspecified atom stereocenters. The van der Waals surface area contributed by atoms with Crippen molar-refractivity contribution in [2.45, 2.75) is 20.3 Å². The maximum absolute atomic E-state index is 12.9. The van der Waals surface area contributed by atoms with Crippen LogP contribution in [0, 0.1) is 23.2 Å². The Kier molecular flexibility index (Phi) is 2.39. The van der Waals surface area contributed by atoms with Gasteiger partial charge in [-0.3, -0.25) is 4.79 Å². The van der Waals surface area contributed by atoms with Gasteiger partial charge in [0.25, 0.3) is 0 Å². The quantitative estimate of drug-likeness (QED) is 0.756. The van der Waals surface area contributed by atoms with Gasteiger partial charge in [0, 0.05) is 5.92 Å². The predicted molar refractivity (Wildman–Crippen MR) is 79.1 cm³/mol. The average Bonchev–Trinajstić information content (AvgIpc) is 3.03. The van der Waals surface area contributed by atoms with E-state index in [2.05, 4.69) is 26.0 Å². The highest BCUT2D eigenvalue weighted by atomic mass is 16.4. The Bertz CT molecular complexity index is 824. The Labute approximate surface area is 122 Å². The van der Waals surface area contributed by atoms with E-state index in [9.17, 15) is 9.59 Å². The molecule has 1 aromatic heterocycles. The summed E-state index contributed by atoms with van der Waals surface area (Å²) in [5.41, 5.74) is 1.13. The maximum Gasteiger partial charge on any atom is 0.426 e. The number of allylic oxidation sites excluding steroid dienone is 2. The number of carbonyl (C=O) groups excluding carboxylic acids is 1. The van der Waals surface area contributed by atoms with Crippen LogP contribution in [0.2, 0.25) is 0 Å². The van der Waals surface area contributed by atoms with Crippen LogP contribution in [0.3, 0.4) is 0 Å². The van der Waals surface area contributed by atoms with Crippen molar-refractivity contribution in [3.8, 4) is 0 Å². The Morgan fingerprint density at radius 2 is 2.05 bits per heavy atom. The minimum Gasteiger partial charge on any atom is -0.407 e. The van der Waals surface area contributed by atoms with Crippen LogP contribution >= 0.6 is 0 Å². The summed E-state index contributed by atoms with van der Waals surface area (Å²) in [6.07, 6.45) is 5.17. The number of nitrogens with zero attached hydrogens (tertiary/aromatic N) is 1. The lowest BCUT2D eigenvalue weighted by Crippen LogP contribution is -2.32. The molecule has 4 nitrogen and oxygen atoms in total. The molecule has 0 amide bonds. The molecule has 1 heterocycles. The Hall–Kier alpha value is -2.10. The van der Waals surface area contributed by atoms with Gasteiger partial charge in [0.1, 0.15) is 0 Å². The zero-order valence-corrected chi connectivity index (χ0v) is 12.1. The van der Waals surface area contributed by atoms with E-state index in [1.54, 1.807) is 18.2 Å². The van der Waals surface area contributed by atoms with Crippen LogP contribution < -0.4 is 5.76 Å². The molecule has 1 fully saturated rings. The predicted octanol–water partition coefficient (Wildman–Crippen LogP) is 3.08. The van der Waals surface area contributed by atoms with Gasteiger partial charge in [0.05, 0.1) is 5.52 Å². The zero-order chi connectivity index (χ0) is 14.8. The molecule has 108 valence electrons. The Morgan fingerprint density at radius 1 is 1.29 bits per heavy atom. The molecule has 0 saturated heterocycles. The molecule has 4 heteroatoms. The molecule has 21 heavy (non-hydrogen) atoms. The van der Waals surface area contributed by atoms with Crippen LogP contribution in [0.4, 0.5) is 0 Å². The van der Waals surface area contributed by atoms with E-state index in [1.165, 1.54) is 4.57 Å². The second-order valence-corrected chi connectivity index (χ2v) is 6.69. The van der Waals surface area contributed by atoms with Crippen LogP contribution in [0.25, 0.3) is 11.1 Å². The van der Waals surface area contributed by atoms with Crippen molar-refractivity contribution >= 4 is 17.0 Å². The van der Waals surface area contributed by atoms with Crippen LogP contribution in [0.5, 0.6) is 0 Å². The largest absolute Gasteiger partial charge is 0.426 e. The highest BCUT2D eigenvalue weighted by molar-refractivity contribution is 5.91. The van der Waals surface area contributed by atoms with E-state index in [0.29, 0.717) is 17.0 Å². The third-order valence-corrected chi connectivity index (χ3v) is 5.33. The second-order valence-electron chi connectivity index (χ2n) is 6.69. The molecule has 3 atom stereocenters. The fourth-order valence-corrected chi connectivity index (χ4v) is 4.05. The molecule has 2 bridgehead atoms. The molecule has 2 aliphatic rings. The molecule has 0 spiro atoms. The van der Waals surface area contributed by atoms with Crippen molar-refractivity contribution in [3.05, 3.63) is 47.0 Å². The average molecular weight is 283 g/mol. The summed E-state index contributed by atoms with van der Waals surface area (Å²) < 4.78 is 6.39. The Balaban J connectivity index is 1.81. The van der Waals surface area contributed by atoms with Gasteiger partial charge in [-0.05, 0) is 35.8 Å². The molecule has 1 aromatic carbocycles. The van der Waals surface area contributed by atoms with Crippen molar-refractivity contribution in [1.29, 1.82) is 0 Å². The second kappa shape index (κ2) is 3.97. The van der Waals surface area contributed by atoms with Gasteiger partial charge in [-0.1, -0.05) is 38.1 Å². The van der Waals surface area contributed by atoms with Gasteiger partial charge < -0.3 is 4.42 Å². The van der Waals surface area contributed by atoms with E-state index in [-0.39, 0.29) is 23.2 Å². The van der Waals surface area contributed by atoms with Gasteiger partial charge in [-0.15, -0.1) is 0 Å². The first-order valence-corrected chi connectivity index (χ1v) is 7.33. The summed E-state index contributed by atoms with van der Waals surface area (Å²) >= 11 is 0. The van der Waals surface area contributed by atoms with E-state index < -0.39 is 5.76 Å². The van der Waals surface area contributed by atoms with Crippen molar-refractivity contribution < 1.29 is 9.21 Å². The molecule has 0 radical (unpaired) electrons. The fraction of sp³-hybridized carbons (Fsp3) is 0.412. The monoisotopic (exact) mass is 283 g/mol. The first-order chi connectivity index (χ1) is 10.00. The number of aromatic nitrogens is 1. The highest BCUT2D eigenvalue weighted by Gasteiger charge is 2.53.